The van der Waals surface area contributed by atoms with Crippen LogP contribution in [0, 0.1) is 13.8 Å². The minimum absolute atomic E-state index is 0.0665. The van der Waals surface area contributed by atoms with Crippen LogP contribution in [-0.2, 0) is 16.4 Å². The summed E-state index contributed by atoms with van der Waals surface area (Å²) in [5.74, 6) is 0.879. The summed E-state index contributed by atoms with van der Waals surface area (Å²) in [5.41, 5.74) is 6.52. The molecule has 21 heavy (non-hydrogen) atoms. The van der Waals surface area contributed by atoms with Crippen LogP contribution < -0.4 is 10.5 Å². The van der Waals surface area contributed by atoms with Crippen LogP contribution in [0.15, 0.2) is 21.6 Å². The number of rotatable bonds is 5. The van der Waals surface area contributed by atoms with E-state index in [1.165, 1.54) is 12.1 Å². The smallest absolute Gasteiger partial charge is 0.240 e. The van der Waals surface area contributed by atoms with Crippen molar-refractivity contribution in [3.8, 4) is 0 Å². The highest BCUT2D eigenvalue weighted by Crippen LogP contribution is 2.25. The molecule has 0 aliphatic carbocycles. The highest BCUT2D eigenvalue weighted by molar-refractivity contribution is 7.89. The summed E-state index contributed by atoms with van der Waals surface area (Å²) in [6, 6.07) is 2.88. The second-order valence-electron chi connectivity index (χ2n) is 4.50. The Hall–Kier alpha value is -1.64. The van der Waals surface area contributed by atoms with Crippen molar-refractivity contribution in [3.63, 3.8) is 0 Å². The molecule has 0 aliphatic rings. The third kappa shape index (κ3) is 3.72. The van der Waals surface area contributed by atoms with Gasteiger partial charge in [0.05, 0.1) is 4.90 Å². The summed E-state index contributed by atoms with van der Waals surface area (Å²) in [4.78, 5) is 4.06. The molecule has 3 N–H and O–H groups in total. The number of benzene rings is 1. The lowest BCUT2D eigenvalue weighted by molar-refractivity contribution is 0.387. The Labute approximate surface area is 127 Å². The van der Waals surface area contributed by atoms with E-state index in [4.69, 9.17) is 21.9 Å². The standard InChI is InChI=1S/C12H15ClN4O3S/c1-7-10(14)5-9(13)6-11(7)21(18,19)15-4-3-12-16-8(2)20-17-12/h5-6,15H,3-4,14H2,1-2H3. The lowest BCUT2D eigenvalue weighted by Crippen LogP contribution is -2.27. The molecule has 0 fully saturated rings. The van der Waals surface area contributed by atoms with E-state index in [1.807, 2.05) is 0 Å². The second kappa shape index (κ2) is 6.00. The van der Waals surface area contributed by atoms with Gasteiger partial charge in [-0.25, -0.2) is 13.1 Å². The summed E-state index contributed by atoms with van der Waals surface area (Å²) in [7, 11) is -3.70. The van der Waals surface area contributed by atoms with Gasteiger partial charge >= 0.3 is 0 Å². The van der Waals surface area contributed by atoms with Crippen molar-refractivity contribution in [2.24, 2.45) is 0 Å². The number of sulfonamides is 1. The zero-order chi connectivity index (χ0) is 15.6. The predicted octanol–water partition coefficient (Wildman–Crippen LogP) is 1.44. The molecule has 0 amide bonds. The van der Waals surface area contributed by atoms with Gasteiger partial charge in [0.1, 0.15) is 0 Å². The normalized spacial score (nSPS) is 11.8. The quantitative estimate of drug-likeness (QED) is 0.802. The fourth-order valence-corrected chi connectivity index (χ4v) is 3.39. The highest BCUT2D eigenvalue weighted by atomic mass is 35.5. The van der Waals surface area contributed by atoms with Gasteiger partial charge in [0.25, 0.3) is 0 Å². The minimum Gasteiger partial charge on any atom is -0.398 e. The number of aryl methyl sites for hydroxylation is 1. The van der Waals surface area contributed by atoms with Crippen LogP contribution in [0.25, 0.3) is 0 Å². The van der Waals surface area contributed by atoms with Crippen molar-refractivity contribution in [1.29, 1.82) is 0 Å². The lowest BCUT2D eigenvalue weighted by Gasteiger charge is -2.11. The maximum atomic E-state index is 12.3. The summed E-state index contributed by atoms with van der Waals surface area (Å²) in [5, 5.41) is 3.96. The highest BCUT2D eigenvalue weighted by Gasteiger charge is 2.19. The molecule has 2 aromatic rings. The van der Waals surface area contributed by atoms with Crippen molar-refractivity contribution < 1.29 is 12.9 Å². The first-order valence-corrected chi connectivity index (χ1v) is 8.00. The molecule has 1 aromatic heterocycles. The van der Waals surface area contributed by atoms with Gasteiger partial charge in [-0.3, -0.25) is 0 Å². The predicted molar refractivity (Wildman–Crippen MR) is 78.5 cm³/mol. The van der Waals surface area contributed by atoms with E-state index in [2.05, 4.69) is 14.9 Å². The molecule has 2 rings (SSSR count). The van der Waals surface area contributed by atoms with Crippen LogP contribution in [-0.4, -0.2) is 25.1 Å². The van der Waals surface area contributed by atoms with Crippen molar-refractivity contribution in [2.45, 2.75) is 25.2 Å². The topological polar surface area (TPSA) is 111 Å². The number of aromatic nitrogens is 2. The van der Waals surface area contributed by atoms with Crippen LogP contribution in [0.4, 0.5) is 5.69 Å². The molecule has 0 saturated carbocycles. The molecule has 0 bridgehead atoms. The summed E-state index contributed by atoms with van der Waals surface area (Å²) >= 11 is 5.86. The molecule has 1 aromatic carbocycles. The van der Waals surface area contributed by atoms with Crippen LogP contribution in [0.1, 0.15) is 17.3 Å². The maximum absolute atomic E-state index is 12.3. The Morgan fingerprint density at radius 2 is 2.10 bits per heavy atom. The maximum Gasteiger partial charge on any atom is 0.240 e. The average molecular weight is 331 g/mol. The lowest BCUT2D eigenvalue weighted by atomic mass is 10.2. The SMILES string of the molecule is Cc1nc(CCNS(=O)(=O)c2cc(Cl)cc(N)c2C)no1. The molecule has 7 nitrogen and oxygen atoms in total. The number of nitrogens with two attached hydrogens (primary N) is 1. The van der Waals surface area contributed by atoms with Crippen LogP contribution >= 0.6 is 11.6 Å². The molecule has 114 valence electrons. The fraction of sp³-hybridized carbons (Fsp3) is 0.333. The van der Waals surface area contributed by atoms with Gasteiger partial charge in [-0.15, -0.1) is 0 Å². The number of nitrogens with zero attached hydrogens (tertiary/aromatic N) is 2. The van der Waals surface area contributed by atoms with E-state index in [0.717, 1.165) is 0 Å². The van der Waals surface area contributed by atoms with E-state index in [1.54, 1.807) is 13.8 Å². The number of hydrogen-bond acceptors (Lipinski definition) is 6. The van der Waals surface area contributed by atoms with Crippen molar-refractivity contribution >= 4 is 27.3 Å². The first kappa shape index (κ1) is 15.7. The van der Waals surface area contributed by atoms with Gasteiger partial charge in [0.2, 0.25) is 15.9 Å². The van der Waals surface area contributed by atoms with Gasteiger partial charge < -0.3 is 10.3 Å². The largest absolute Gasteiger partial charge is 0.398 e. The molecule has 0 atom stereocenters. The van der Waals surface area contributed by atoms with E-state index in [-0.39, 0.29) is 16.5 Å². The third-order valence-corrected chi connectivity index (χ3v) is 4.67. The van der Waals surface area contributed by atoms with Crippen LogP contribution in [0.2, 0.25) is 5.02 Å². The summed E-state index contributed by atoms with van der Waals surface area (Å²) in [6.07, 6.45) is 0.325. The number of anilines is 1. The zero-order valence-corrected chi connectivity index (χ0v) is 13.1. The Morgan fingerprint density at radius 1 is 1.38 bits per heavy atom. The molecule has 0 saturated heterocycles. The molecule has 0 unspecified atom stereocenters. The van der Waals surface area contributed by atoms with Crippen molar-refractivity contribution in [1.82, 2.24) is 14.9 Å². The first-order valence-electron chi connectivity index (χ1n) is 6.14. The third-order valence-electron chi connectivity index (χ3n) is 2.86. The van der Waals surface area contributed by atoms with Crippen LogP contribution in [0.5, 0.6) is 0 Å². The fourth-order valence-electron chi connectivity index (χ4n) is 1.77. The second-order valence-corrected chi connectivity index (χ2v) is 6.67. The molecule has 1 heterocycles. The van der Waals surface area contributed by atoms with E-state index >= 15 is 0 Å². The average Bonchev–Trinajstić information content (AvgIpc) is 2.79. The molecule has 9 heteroatoms. The van der Waals surface area contributed by atoms with Crippen molar-refractivity contribution in [3.05, 3.63) is 34.4 Å². The van der Waals surface area contributed by atoms with Gasteiger partial charge in [-0.05, 0) is 24.6 Å². The Bertz CT molecular complexity index is 758. The Balaban J connectivity index is 2.12. The molecule has 0 radical (unpaired) electrons. The van der Waals surface area contributed by atoms with E-state index in [9.17, 15) is 8.42 Å². The van der Waals surface area contributed by atoms with Gasteiger partial charge in [0.15, 0.2) is 5.82 Å². The van der Waals surface area contributed by atoms with E-state index in [0.29, 0.717) is 29.4 Å². The Morgan fingerprint density at radius 3 is 2.71 bits per heavy atom. The van der Waals surface area contributed by atoms with E-state index < -0.39 is 10.0 Å². The van der Waals surface area contributed by atoms with Gasteiger partial charge in [-0.1, -0.05) is 16.8 Å². The number of hydrogen-bond donors (Lipinski definition) is 2. The van der Waals surface area contributed by atoms with Crippen molar-refractivity contribution in [2.75, 3.05) is 12.3 Å². The monoisotopic (exact) mass is 330 g/mol. The molecule has 0 aliphatic heterocycles. The Kier molecular flexibility index (Phi) is 4.50. The van der Waals surface area contributed by atoms with Gasteiger partial charge in [-0.2, -0.15) is 4.98 Å². The minimum atomic E-state index is -3.70. The molecular formula is C12H15ClN4O3S. The molecule has 0 spiro atoms. The van der Waals surface area contributed by atoms with Crippen LogP contribution in [0.3, 0.4) is 0 Å². The van der Waals surface area contributed by atoms with Gasteiger partial charge in [0, 0.05) is 30.6 Å². The number of nitrogens with one attached hydrogen (secondary N) is 1. The summed E-state index contributed by atoms with van der Waals surface area (Å²) < 4.78 is 31.8. The summed E-state index contributed by atoms with van der Waals surface area (Å²) in [6.45, 7) is 3.44. The number of halogens is 1. The first-order chi connectivity index (χ1) is 9.79. The zero-order valence-electron chi connectivity index (χ0n) is 11.6. The number of nitrogen functional groups attached to an aromatic ring is 1. The molecular weight excluding hydrogens is 316 g/mol.